The molecule has 0 amide bonds. The highest BCUT2D eigenvalue weighted by molar-refractivity contribution is 7.99. The van der Waals surface area contributed by atoms with Crippen LogP contribution in [0.15, 0.2) is 88.9 Å². The fourth-order valence-corrected chi connectivity index (χ4v) is 4.68. The Bertz CT molecular complexity index is 1120. The van der Waals surface area contributed by atoms with Crippen LogP contribution >= 0.6 is 35.1 Å². The lowest BCUT2D eigenvalue weighted by Crippen LogP contribution is -1.98. The third-order valence-electron chi connectivity index (χ3n) is 4.36. The lowest BCUT2D eigenvalue weighted by atomic mass is 10.2. The fourth-order valence-electron chi connectivity index (χ4n) is 2.83. The van der Waals surface area contributed by atoms with Crippen molar-refractivity contribution in [2.24, 2.45) is 0 Å². The Kier molecular flexibility index (Phi) is 7.46. The molecular weight excluding hydrogens is 446 g/mol. The van der Waals surface area contributed by atoms with Crippen molar-refractivity contribution < 1.29 is 4.74 Å². The molecular formula is C24H20ClN3OS2. The van der Waals surface area contributed by atoms with Crippen molar-refractivity contribution in [2.75, 3.05) is 7.11 Å². The molecule has 31 heavy (non-hydrogen) atoms. The summed E-state index contributed by atoms with van der Waals surface area (Å²) in [5.41, 5.74) is 2.98. The number of methoxy groups -OCH3 is 1. The van der Waals surface area contributed by atoms with Gasteiger partial charge in [0.25, 0.3) is 0 Å². The minimum absolute atomic E-state index is 0.640. The first-order valence-electron chi connectivity index (χ1n) is 9.63. The molecule has 4 nitrogen and oxygen atoms in total. The van der Waals surface area contributed by atoms with Crippen molar-refractivity contribution in [1.82, 2.24) is 15.0 Å². The normalized spacial score (nSPS) is 10.8. The Hall–Kier alpha value is -2.54. The van der Waals surface area contributed by atoms with Gasteiger partial charge in [0, 0.05) is 27.6 Å². The van der Waals surface area contributed by atoms with Crippen LogP contribution in [0.5, 0.6) is 5.75 Å². The van der Waals surface area contributed by atoms with E-state index in [-0.39, 0.29) is 0 Å². The number of hydrogen-bond donors (Lipinski definition) is 0. The van der Waals surface area contributed by atoms with Gasteiger partial charge in [-0.25, -0.2) is 9.97 Å². The van der Waals surface area contributed by atoms with Crippen molar-refractivity contribution in [3.63, 3.8) is 0 Å². The number of ether oxygens (including phenoxy) is 1. The molecule has 156 valence electrons. The van der Waals surface area contributed by atoms with Crippen molar-refractivity contribution in [3.05, 3.63) is 95.3 Å². The van der Waals surface area contributed by atoms with Crippen LogP contribution in [-0.4, -0.2) is 22.1 Å². The van der Waals surface area contributed by atoms with Gasteiger partial charge in [-0.3, -0.25) is 4.98 Å². The molecule has 2 heterocycles. The Balaban J connectivity index is 1.54. The Morgan fingerprint density at radius 1 is 0.903 bits per heavy atom. The van der Waals surface area contributed by atoms with Crippen LogP contribution < -0.4 is 4.74 Å². The molecule has 0 saturated carbocycles. The maximum absolute atomic E-state index is 5.98. The van der Waals surface area contributed by atoms with Crippen molar-refractivity contribution in [2.45, 2.75) is 21.4 Å². The molecule has 2 aromatic heterocycles. The minimum atomic E-state index is 0.640. The molecule has 0 saturated heterocycles. The highest BCUT2D eigenvalue weighted by Gasteiger charge is 2.10. The van der Waals surface area contributed by atoms with E-state index >= 15 is 0 Å². The van der Waals surface area contributed by atoms with Gasteiger partial charge in [0.05, 0.1) is 12.8 Å². The Morgan fingerprint density at radius 3 is 2.42 bits per heavy atom. The molecule has 0 atom stereocenters. The van der Waals surface area contributed by atoms with Crippen LogP contribution in [0.25, 0.3) is 11.5 Å². The van der Waals surface area contributed by atoms with E-state index in [0.29, 0.717) is 5.82 Å². The quantitative estimate of drug-likeness (QED) is 0.267. The number of pyridine rings is 1. The average molecular weight is 466 g/mol. The second-order valence-electron chi connectivity index (χ2n) is 6.63. The minimum Gasteiger partial charge on any atom is -0.497 e. The van der Waals surface area contributed by atoms with Crippen LogP contribution in [0.4, 0.5) is 0 Å². The summed E-state index contributed by atoms with van der Waals surface area (Å²) in [6.45, 7) is 0. The molecule has 4 aromatic rings. The largest absolute Gasteiger partial charge is 0.497 e. The number of rotatable bonds is 8. The summed E-state index contributed by atoms with van der Waals surface area (Å²) in [6, 6.07) is 23.7. The van der Waals surface area contributed by atoms with Crippen LogP contribution in [0.2, 0.25) is 5.02 Å². The molecule has 0 spiro atoms. The summed E-state index contributed by atoms with van der Waals surface area (Å²) < 4.78 is 5.25. The molecule has 0 aliphatic heterocycles. The van der Waals surface area contributed by atoms with E-state index in [1.165, 1.54) is 5.56 Å². The van der Waals surface area contributed by atoms with Gasteiger partial charge in [0.2, 0.25) is 0 Å². The van der Waals surface area contributed by atoms with E-state index in [9.17, 15) is 0 Å². The molecule has 0 bridgehead atoms. The molecule has 4 rings (SSSR count). The van der Waals surface area contributed by atoms with Gasteiger partial charge in [-0.2, -0.15) is 11.8 Å². The first kappa shape index (κ1) is 21.7. The Morgan fingerprint density at radius 2 is 1.71 bits per heavy atom. The number of aromatic nitrogens is 3. The third-order valence-corrected chi connectivity index (χ3v) is 6.58. The first-order valence-corrected chi connectivity index (χ1v) is 12.0. The maximum Gasteiger partial charge on any atom is 0.179 e. The molecule has 0 aliphatic rings. The summed E-state index contributed by atoms with van der Waals surface area (Å²) in [5.74, 6) is 3.14. The molecule has 0 radical (unpaired) electrons. The van der Waals surface area contributed by atoms with Gasteiger partial charge in [0.15, 0.2) is 5.82 Å². The summed E-state index contributed by atoms with van der Waals surface area (Å²) in [6.07, 6.45) is 1.76. The topological polar surface area (TPSA) is 47.9 Å². The number of thioether (sulfide) groups is 1. The summed E-state index contributed by atoms with van der Waals surface area (Å²) in [5, 5.41) is 1.65. The van der Waals surface area contributed by atoms with Crippen molar-refractivity contribution in [3.8, 4) is 17.3 Å². The second kappa shape index (κ2) is 10.7. The van der Waals surface area contributed by atoms with Gasteiger partial charge in [0.1, 0.15) is 16.5 Å². The monoisotopic (exact) mass is 465 g/mol. The lowest BCUT2D eigenvalue weighted by molar-refractivity contribution is 0.414. The van der Waals surface area contributed by atoms with E-state index in [4.69, 9.17) is 26.3 Å². The number of halogens is 1. The summed E-state index contributed by atoms with van der Waals surface area (Å²) in [4.78, 5) is 15.0. The van der Waals surface area contributed by atoms with Crippen LogP contribution in [-0.2, 0) is 11.5 Å². The second-order valence-corrected chi connectivity index (χ2v) is 9.15. The third kappa shape index (κ3) is 6.23. The SMILES string of the molecule is COc1ccc(Sc2cc(CSCc3ccc(Cl)cc3)nc(-c3ccccn3)n2)cc1. The fraction of sp³-hybridized carbons (Fsp3) is 0.125. The average Bonchev–Trinajstić information content (AvgIpc) is 2.81. The molecule has 0 unspecified atom stereocenters. The first-order chi connectivity index (χ1) is 15.2. The van der Waals surface area contributed by atoms with Gasteiger partial charge >= 0.3 is 0 Å². The molecule has 0 fully saturated rings. The molecule has 0 aliphatic carbocycles. The number of nitrogens with zero attached hydrogens (tertiary/aromatic N) is 3. The predicted molar refractivity (Wildman–Crippen MR) is 129 cm³/mol. The lowest BCUT2D eigenvalue weighted by Gasteiger charge is -2.09. The maximum atomic E-state index is 5.98. The van der Waals surface area contributed by atoms with Crippen molar-refractivity contribution >= 4 is 35.1 Å². The van der Waals surface area contributed by atoms with Gasteiger partial charge in [-0.1, -0.05) is 41.6 Å². The van der Waals surface area contributed by atoms with E-state index in [1.54, 1.807) is 25.1 Å². The predicted octanol–water partition coefficient (Wildman–Crippen LogP) is 6.79. The zero-order valence-corrected chi connectivity index (χ0v) is 19.3. The molecule has 2 aromatic carbocycles. The zero-order valence-electron chi connectivity index (χ0n) is 16.9. The van der Waals surface area contributed by atoms with Crippen LogP contribution in [0.1, 0.15) is 11.3 Å². The van der Waals surface area contributed by atoms with Gasteiger partial charge in [-0.15, -0.1) is 0 Å². The van der Waals surface area contributed by atoms with Gasteiger partial charge in [-0.05, 0) is 60.2 Å². The Labute approximate surface area is 195 Å². The highest BCUT2D eigenvalue weighted by Crippen LogP contribution is 2.30. The van der Waals surface area contributed by atoms with E-state index in [1.807, 2.05) is 66.4 Å². The smallest absolute Gasteiger partial charge is 0.179 e. The van der Waals surface area contributed by atoms with Crippen LogP contribution in [0, 0.1) is 0 Å². The zero-order chi connectivity index (χ0) is 21.5. The molecule has 0 N–H and O–H groups in total. The standard InChI is InChI=1S/C24H20ClN3OS2/c1-29-20-9-11-21(12-10-20)31-23-14-19(16-30-15-17-5-7-18(25)8-6-17)27-24(28-23)22-4-2-3-13-26-22/h2-14H,15-16H2,1H3. The number of benzene rings is 2. The van der Waals surface area contributed by atoms with Crippen LogP contribution in [0.3, 0.4) is 0 Å². The van der Waals surface area contributed by atoms with E-state index in [0.717, 1.165) is 43.6 Å². The number of hydrogen-bond acceptors (Lipinski definition) is 6. The van der Waals surface area contributed by atoms with Crippen molar-refractivity contribution in [1.29, 1.82) is 0 Å². The van der Waals surface area contributed by atoms with E-state index in [2.05, 4.69) is 23.2 Å². The summed E-state index contributed by atoms with van der Waals surface area (Å²) >= 11 is 9.39. The highest BCUT2D eigenvalue weighted by atomic mass is 35.5. The van der Waals surface area contributed by atoms with Gasteiger partial charge < -0.3 is 4.74 Å². The molecule has 7 heteroatoms. The van der Waals surface area contributed by atoms with E-state index < -0.39 is 0 Å². The summed E-state index contributed by atoms with van der Waals surface area (Å²) in [7, 11) is 1.67.